The van der Waals surface area contributed by atoms with Crippen LogP contribution >= 0.6 is 0 Å². The fourth-order valence-corrected chi connectivity index (χ4v) is 3.17. The molecule has 10 heteroatoms. The van der Waals surface area contributed by atoms with Crippen molar-refractivity contribution in [1.29, 1.82) is 0 Å². The van der Waals surface area contributed by atoms with Crippen molar-refractivity contribution in [2.24, 2.45) is 0 Å². The number of carbonyl (C=O) groups excluding carboxylic acids is 2. The van der Waals surface area contributed by atoms with Crippen molar-refractivity contribution in [3.8, 4) is 11.5 Å². The molecular formula is C23H16F4N2O4. The number of ether oxygens (including phenoxy) is 2. The molecule has 1 heterocycles. The zero-order valence-electron chi connectivity index (χ0n) is 16.8. The Morgan fingerprint density at radius 2 is 1.61 bits per heavy atom. The fraction of sp³-hybridized carbons (Fsp3) is 0.130. The molecule has 6 nitrogen and oxygen atoms in total. The van der Waals surface area contributed by atoms with E-state index in [1.807, 2.05) is 0 Å². The van der Waals surface area contributed by atoms with Gasteiger partial charge in [-0.25, -0.2) is 4.39 Å². The predicted octanol–water partition coefficient (Wildman–Crippen LogP) is 4.88. The van der Waals surface area contributed by atoms with Crippen molar-refractivity contribution in [3.05, 3.63) is 83.7 Å². The largest absolute Gasteiger partial charge is 0.485 e. The van der Waals surface area contributed by atoms with Crippen molar-refractivity contribution in [3.63, 3.8) is 0 Å². The molecule has 1 aliphatic heterocycles. The lowest BCUT2D eigenvalue weighted by molar-refractivity contribution is -0.137. The highest BCUT2D eigenvalue weighted by Crippen LogP contribution is 2.37. The summed E-state index contributed by atoms with van der Waals surface area (Å²) in [4.78, 5) is 24.8. The average molecular weight is 460 g/mol. The molecule has 2 N–H and O–H groups in total. The highest BCUT2D eigenvalue weighted by atomic mass is 19.4. The second kappa shape index (κ2) is 8.81. The van der Waals surface area contributed by atoms with Crippen LogP contribution in [0.2, 0.25) is 0 Å². The molecule has 3 aromatic carbocycles. The Kier molecular flexibility index (Phi) is 5.91. The van der Waals surface area contributed by atoms with E-state index in [9.17, 15) is 27.2 Å². The third-order valence-electron chi connectivity index (χ3n) is 4.76. The number of hydrogen-bond acceptors (Lipinski definition) is 4. The molecule has 2 amide bonds. The lowest BCUT2D eigenvalue weighted by Crippen LogP contribution is -2.40. The number of hydrogen-bond donors (Lipinski definition) is 2. The first-order valence-electron chi connectivity index (χ1n) is 9.69. The summed E-state index contributed by atoms with van der Waals surface area (Å²) in [6.45, 7) is -0.180. The van der Waals surface area contributed by atoms with E-state index in [1.165, 1.54) is 18.2 Å². The number of fused-ring (bicyclic) bond motifs is 1. The van der Waals surface area contributed by atoms with Gasteiger partial charge in [0.1, 0.15) is 12.4 Å². The Bertz CT molecular complexity index is 1210. The minimum Gasteiger partial charge on any atom is -0.485 e. The summed E-state index contributed by atoms with van der Waals surface area (Å²) in [5, 5.41) is 4.43. The second-order valence-electron chi connectivity index (χ2n) is 7.05. The second-order valence-corrected chi connectivity index (χ2v) is 7.05. The quantitative estimate of drug-likeness (QED) is 0.545. The highest BCUT2D eigenvalue weighted by molar-refractivity contribution is 6.04. The van der Waals surface area contributed by atoms with Gasteiger partial charge in [0.15, 0.2) is 11.5 Å². The number of carbonyl (C=O) groups is 2. The minimum atomic E-state index is -4.85. The average Bonchev–Trinajstić information content (AvgIpc) is 2.79. The third kappa shape index (κ3) is 4.89. The van der Waals surface area contributed by atoms with Crippen LogP contribution in [0.5, 0.6) is 11.5 Å². The number of nitrogens with one attached hydrogen (secondary N) is 2. The summed E-state index contributed by atoms with van der Waals surface area (Å²) in [5.41, 5.74) is -2.27. The Labute approximate surface area is 185 Å². The molecule has 0 saturated heterocycles. The maximum Gasteiger partial charge on any atom is 0.418 e. The van der Waals surface area contributed by atoms with E-state index in [4.69, 9.17) is 9.47 Å². The van der Waals surface area contributed by atoms with Gasteiger partial charge in [-0.2, -0.15) is 13.2 Å². The lowest BCUT2D eigenvalue weighted by atomic mass is 10.1. The van der Waals surface area contributed by atoms with E-state index in [0.717, 1.165) is 18.2 Å². The summed E-state index contributed by atoms with van der Waals surface area (Å²) in [6, 6.07) is 14.5. The third-order valence-corrected chi connectivity index (χ3v) is 4.76. The van der Waals surface area contributed by atoms with Gasteiger partial charge in [0, 0.05) is 5.69 Å². The van der Waals surface area contributed by atoms with Gasteiger partial charge in [0.05, 0.1) is 16.8 Å². The maximum atomic E-state index is 13.8. The molecule has 1 aliphatic rings. The number of alkyl halides is 3. The van der Waals surface area contributed by atoms with Crippen LogP contribution in [0.1, 0.15) is 15.9 Å². The Hall–Kier alpha value is -4.08. The number of amides is 2. The highest BCUT2D eigenvalue weighted by Gasteiger charge is 2.36. The first kappa shape index (κ1) is 22.1. The van der Waals surface area contributed by atoms with Crippen LogP contribution in [0.3, 0.4) is 0 Å². The van der Waals surface area contributed by atoms with Crippen molar-refractivity contribution in [1.82, 2.24) is 0 Å². The fourth-order valence-electron chi connectivity index (χ4n) is 3.17. The van der Waals surface area contributed by atoms with Crippen LogP contribution in [0, 0.1) is 5.82 Å². The van der Waals surface area contributed by atoms with Crippen LogP contribution in [0.25, 0.3) is 0 Å². The van der Waals surface area contributed by atoms with E-state index in [0.29, 0.717) is 17.6 Å². The van der Waals surface area contributed by atoms with Crippen LogP contribution in [-0.2, 0) is 11.0 Å². The van der Waals surface area contributed by atoms with Gasteiger partial charge in [-0.3, -0.25) is 9.59 Å². The number of rotatable bonds is 4. The standard InChI is InChI=1S/C23H16F4N2O4/c24-16-6-2-1-5-14(16)21(30)28-13-9-10-17(15(11-13)23(25,26)27)29-22(31)20-12-32-18-7-3-4-8-19(18)33-20/h1-11,20H,12H2,(H,28,30)(H,29,31). The molecular weight excluding hydrogens is 444 g/mol. The van der Waals surface area contributed by atoms with Crippen molar-refractivity contribution >= 4 is 23.2 Å². The molecule has 0 aliphatic carbocycles. The maximum absolute atomic E-state index is 13.8. The summed E-state index contributed by atoms with van der Waals surface area (Å²) in [7, 11) is 0. The molecule has 0 spiro atoms. The van der Waals surface area contributed by atoms with E-state index in [-0.39, 0.29) is 17.9 Å². The Morgan fingerprint density at radius 1 is 0.909 bits per heavy atom. The monoisotopic (exact) mass is 460 g/mol. The van der Waals surface area contributed by atoms with Gasteiger partial charge in [-0.1, -0.05) is 24.3 Å². The van der Waals surface area contributed by atoms with Gasteiger partial charge in [-0.05, 0) is 42.5 Å². The van der Waals surface area contributed by atoms with E-state index < -0.39 is 41.2 Å². The summed E-state index contributed by atoms with van der Waals surface area (Å²) >= 11 is 0. The summed E-state index contributed by atoms with van der Waals surface area (Å²) in [5.74, 6) is -1.84. The molecule has 0 saturated carbocycles. The number of halogens is 4. The molecule has 4 rings (SSSR count). The molecule has 0 fully saturated rings. The van der Waals surface area contributed by atoms with Gasteiger partial charge in [0.25, 0.3) is 11.8 Å². The van der Waals surface area contributed by atoms with E-state index >= 15 is 0 Å². The lowest BCUT2D eigenvalue weighted by Gasteiger charge is -2.26. The van der Waals surface area contributed by atoms with E-state index in [1.54, 1.807) is 24.3 Å². The molecule has 0 aromatic heterocycles. The predicted molar refractivity (Wildman–Crippen MR) is 111 cm³/mol. The topological polar surface area (TPSA) is 76.7 Å². The number of para-hydroxylation sites is 2. The smallest absolute Gasteiger partial charge is 0.418 e. The van der Waals surface area contributed by atoms with Gasteiger partial charge < -0.3 is 20.1 Å². The van der Waals surface area contributed by atoms with Crippen molar-refractivity contribution in [2.45, 2.75) is 12.3 Å². The zero-order chi connectivity index (χ0) is 23.6. The molecule has 0 bridgehead atoms. The zero-order valence-corrected chi connectivity index (χ0v) is 16.8. The summed E-state index contributed by atoms with van der Waals surface area (Å²) in [6.07, 6.45) is -6.01. The van der Waals surface area contributed by atoms with Crippen LogP contribution in [0.15, 0.2) is 66.7 Å². The molecule has 0 radical (unpaired) electrons. The van der Waals surface area contributed by atoms with Crippen molar-refractivity contribution in [2.75, 3.05) is 17.2 Å². The van der Waals surface area contributed by atoms with Crippen LogP contribution < -0.4 is 20.1 Å². The normalized spacial score (nSPS) is 15.0. The van der Waals surface area contributed by atoms with Gasteiger partial charge in [-0.15, -0.1) is 0 Å². The Balaban J connectivity index is 1.53. The number of benzene rings is 3. The molecule has 170 valence electrons. The van der Waals surface area contributed by atoms with Crippen LogP contribution in [-0.4, -0.2) is 24.5 Å². The molecule has 1 unspecified atom stereocenters. The van der Waals surface area contributed by atoms with E-state index in [2.05, 4.69) is 10.6 Å². The van der Waals surface area contributed by atoms with Gasteiger partial charge in [0.2, 0.25) is 6.10 Å². The first-order chi connectivity index (χ1) is 15.7. The number of anilines is 2. The van der Waals surface area contributed by atoms with Gasteiger partial charge >= 0.3 is 6.18 Å². The molecule has 1 atom stereocenters. The first-order valence-corrected chi connectivity index (χ1v) is 9.69. The van der Waals surface area contributed by atoms with Crippen molar-refractivity contribution < 1.29 is 36.6 Å². The summed E-state index contributed by atoms with van der Waals surface area (Å²) < 4.78 is 65.7. The molecule has 33 heavy (non-hydrogen) atoms. The minimum absolute atomic E-state index is 0.180. The SMILES string of the molecule is O=C(Nc1ccc(NC(=O)C2COc3ccccc3O2)c(C(F)(F)F)c1)c1ccccc1F. The molecule has 3 aromatic rings. The Morgan fingerprint density at radius 3 is 2.33 bits per heavy atom. The van der Waals surface area contributed by atoms with Crippen LogP contribution in [0.4, 0.5) is 28.9 Å².